The Balaban J connectivity index is 1.93. The maximum absolute atomic E-state index is 11.9. The molecule has 22 heavy (non-hydrogen) atoms. The van der Waals surface area contributed by atoms with Crippen molar-refractivity contribution in [2.45, 2.75) is 26.7 Å². The molecule has 4 nitrogen and oxygen atoms in total. The molecule has 0 saturated carbocycles. The number of hydrogen-bond acceptors (Lipinski definition) is 2. The molecule has 2 aromatic carbocycles. The predicted molar refractivity (Wildman–Crippen MR) is 89.5 cm³/mol. The van der Waals surface area contributed by atoms with Gasteiger partial charge in [0.15, 0.2) is 5.78 Å². The molecule has 0 spiro atoms. The van der Waals surface area contributed by atoms with Crippen molar-refractivity contribution in [1.82, 2.24) is 0 Å². The lowest BCUT2D eigenvalue weighted by Gasteiger charge is -2.08. The number of anilines is 2. The quantitative estimate of drug-likeness (QED) is 0.799. The smallest absolute Gasteiger partial charge is 0.308 e. The van der Waals surface area contributed by atoms with E-state index in [1.807, 2.05) is 24.3 Å². The topological polar surface area (TPSA) is 58.2 Å². The lowest BCUT2D eigenvalue weighted by Crippen LogP contribution is -2.19. The molecular formula is C18H20N2O2. The fraction of sp³-hybridized carbons (Fsp3) is 0.222. The van der Waals surface area contributed by atoms with E-state index in [-0.39, 0.29) is 11.8 Å². The zero-order valence-corrected chi connectivity index (χ0v) is 12.8. The zero-order chi connectivity index (χ0) is 15.9. The number of urea groups is 1. The molecular weight excluding hydrogens is 276 g/mol. The van der Waals surface area contributed by atoms with Crippen LogP contribution < -0.4 is 10.6 Å². The molecule has 2 rings (SSSR count). The van der Waals surface area contributed by atoms with E-state index in [0.717, 1.165) is 18.5 Å². The molecule has 2 amide bonds. The van der Waals surface area contributed by atoms with E-state index in [4.69, 9.17) is 0 Å². The van der Waals surface area contributed by atoms with Crippen LogP contribution in [-0.2, 0) is 6.42 Å². The average Bonchev–Trinajstić information content (AvgIpc) is 2.50. The number of benzene rings is 2. The third-order valence-electron chi connectivity index (χ3n) is 3.30. The highest BCUT2D eigenvalue weighted by molar-refractivity contribution is 6.00. The Bertz CT molecular complexity index is 646. The SMILES string of the molecule is CCCc1ccc(NC(=O)Nc2ccc(C(C)=O)cc2)cc1. The molecule has 0 heterocycles. The Morgan fingerprint density at radius 2 is 1.36 bits per heavy atom. The highest BCUT2D eigenvalue weighted by Crippen LogP contribution is 2.13. The molecule has 0 aliphatic heterocycles. The summed E-state index contributed by atoms with van der Waals surface area (Å²) in [5.74, 6) is 0.00294. The van der Waals surface area contributed by atoms with Crippen LogP contribution in [0.15, 0.2) is 48.5 Å². The first-order valence-corrected chi connectivity index (χ1v) is 7.36. The lowest BCUT2D eigenvalue weighted by molar-refractivity contribution is 0.101. The fourth-order valence-electron chi connectivity index (χ4n) is 2.13. The number of carbonyl (C=O) groups excluding carboxylic acids is 2. The van der Waals surface area contributed by atoms with E-state index >= 15 is 0 Å². The minimum atomic E-state index is -0.307. The van der Waals surface area contributed by atoms with E-state index in [0.29, 0.717) is 11.3 Å². The summed E-state index contributed by atoms with van der Waals surface area (Å²) in [6.07, 6.45) is 2.14. The van der Waals surface area contributed by atoms with Gasteiger partial charge in [0.05, 0.1) is 0 Å². The Kier molecular flexibility index (Phi) is 5.31. The third kappa shape index (κ3) is 4.45. The second kappa shape index (κ2) is 7.41. The van der Waals surface area contributed by atoms with Crippen LogP contribution in [0.5, 0.6) is 0 Å². The summed E-state index contributed by atoms with van der Waals surface area (Å²) >= 11 is 0. The van der Waals surface area contributed by atoms with Crippen molar-refractivity contribution in [1.29, 1.82) is 0 Å². The molecule has 0 fully saturated rings. The second-order valence-corrected chi connectivity index (χ2v) is 5.16. The van der Waals surface area contributed by atoms with Gasteiger partial charge in [0.1, 0.15) is 0 Å². The van der Waals surface area contributed by atoms with E-state index in [9.17, 15) is 9.59 Å². The minimum Gasteiger partial charge on any atom is -0.308 e. The summed E-state index contributed by atoms with van der Waals surface area (Å²) in [7, 11) is 0. The lowest BCUT2D eigenvalue weighted by atomic mass is 10.1. The molecule has 114 valence electrons. The van der Waals surface area contributed by atoms with Crippen molar-refractivity contribution < 1.29 is 9.59 Å². The summed E-state index contributed by atoms with van der Waals surface area (Å²) < 4.78 is 0. The van der Waals surface area contributed by atoms with Crippen LogP contribution in [0, 0.1) is 0 Å². The maximum atomic E-state index is 11.9. The molecule has 0 aromatic heterocycles. The van der Waals surface area contributed by atoms with Crippen LogP contribution in [0.3, 0.4) is 0 Å². The largest absolute Gasteiger partial charge is 0.323 e. The molecule has 0 radical (unpaired) electrons. The van der Waals surface area contributed by atoms with Gasteiger partial charge in [-0.2, -0.15) is 0 Å². The van der Waals surface area contributed by atoms with Gasteiger partial charge < -0.3 is 10.6 Å². The van der Waals surface area contributed by atoms with Crippen LogP contribution in [0.4, 0.5) is 16.2 Å². The number of nitrogens with one attached hydrogen (secondary N) is 2. The summed E-state index contributed by atoms with van der Waals surface area (Å²) in [5.41, 5.74) is 3.27. The number of ketones is 1. The molecule has 0 aliphatic carbocycles. The van der Waals surface area contributed by atoms with Gasteiger partial charge in [0.2, 0.25) is 0 Å². The highest BCUT2D eigenvalue weighted by Gasteiger charge is 2.04. The Labute approximate surface area is 130 Å². The van der Waals surface area contributed by atoms with Gasteiger partial charge in [0.25, 0.3) is 0 Å². The first kappa shape index (κ1) is 15.8. The van der Waals surface area contributed by atoms with Gasteiger partial charge in [-0.25, -0.2) is 4.79 Å². The van der Waals surface area contributed by atoms with E-state index in [2.05, 4.69) is 17.6 Å². The molecule has 2 N–H and O–H groups in total. The minimum absolute atomic E-state index is 0.00294. The molecule has 4 heteroatoms. The van der Waals surface area contributed by atoms with Gasteiger partial charge >= 0.3 is 6.03 Å². The summed E-state index contributed by atoms with van der Waals surface area (Å²) in [5, 5.41) is 5.52. The normalized spacial score (nSPS) is 10.1. The van der Waals surface area contributed by atoms with Crippen molar-refractivity contribution in [2.75, 3.05) is 10.6 Å². The monoisotopic (exact) mass is 296 g/mol. The second-order valence-electron chi connectivity index (χ2n) is 5.16. The van der Waals surface area contributed by atoms with Gasteiger partial charge in [-0.05, 0) is 55.3 Å². The maximum Gasteiger partial charge on any atom is 0.323 e. The number of amides is 2. The Morgan fingerprint density at radius 1 is 0.864 bits per heavy atom. The number of hydrogen-bond donors (Lipinski definition) is 2. The summed E-state index contributed by atoms with van der Waals surface area (Å²) in [4.78, 5) is 23.1. The molecule has 2 aromatic rings. The van der Waals surface area contributed by atoms with Gasteiger partial charge in [-0.1, -0.05) is 25.5 Å². The van der Waals surface area contributed by atoms with Crippen molar-refractivity contribution >= 4 is 23.2 Å². The Hall–Kier alpha value is -2.62. The van der Waals surface area contributed by atoms with Crippen LogP contribution in [0.2, 0.25) is 0 Å². The van der Waals surface area contributed by atoms with Crippen LogP contribution in [-0.4, -0.2) is 11.8 Å². The molecule has 0 unspecified atom stereocenters. The van der Waals surface area contributed by atoms with Crippen LogP contribution in [0.25, 0.3) is 0 Å². The molecule has 0 aliphatic rings. The van der Waals surface area contributed by atoms with Crippen molar-refractivity contribution in [2.24, 2.45) is 0 Å². The molecule has 0 atom stereocenters. The van der Waals surface area contributed by atoms with Crippen molar-refractivity contribution in [3.05, 3.63) is 59.7 Å². The van der Waals surface area contributed by atoms with Crippen molar-refractivity contribution in [3.8, 4) is 0 Å². The number of carbonyl (C=O) groups is 2. The van der Waals surface area contributed by atoms with Crippen molar-refractivity contribution in [3.63, 3.8) is 0 Å². The van der Waals surface area contributed by atoms with E-state index < -0.39 is 0 Å². The first-order chi connectivity index (χ1) is 10.6. The number of rotatable bonds is 5. The number of aryl methyl sites for hydroxylation is 1. The molecule has 0 bridgehead atoms. The summed E-state index contributed by atoms with van der Waals surface area (Å²) in [6, 6.07) is 14.3. The number of Topliss-reactive ketones (excluding diaryl/α,β-unsaturated/α-hetero) is 1. The van der Waals surface area contributed by atoms with Gasteiger partial charge in [0, 0.05) is 16.9 Å². The van der Waals surface area contributed by atoms with Gasteiger partial charge in [-0.15, -0.1) is 0 Å². The molecule has 0 saturated heterocycles. The van der Waals surface area contributed by atoms with E-state index in [1.165, 1.54) is 12.5 Å². The third-order valence-corrected chi connectivity index (χ3v) is 3.30. The Morgan fingerprint density at radius 3 is 1.82 bits per heavy atom. The predicted octanol–water partition coefficient (Wildman–Crippen LogP) is 4.49. The van der Waals surface area contributed by atoms with E-state index in [1.54, 1.807) is 24.3 Å². The highest BCUT2D eigenvalue weighted by atomic mass is 16.2. The van der Waals surface area contributed by atoms with Crippen LogP contribution in [0.1, 0.15) is 36.2 Å². The first-order valence-electron chi connectivity index (χ1n) is 7.36. The van der Waals surface area contributed by atoms with Gasteiger partial charge in [-0.3, -0.25) is 4.79 Å². The fourth-order valence-corrected chi connectivity index (χ4v) is 2.13. The zero-order valence-electron chi connectivity index (χ0n) is 12.8. The standard InChI is InChI=1S/C18H20N2O2/c1-3-4-14-5-9-16(10-6-14)19-18(22)20-17-11-7-15(8-12-17)13(2)21/h5-12H,3-4H2,1-2H3,(H2,19,20,22). The average molecular weight is 296 g/mol. The van der Waals surface area contributed by atoms with Crippen LogP contribution >= 0.6 is 0 Å². The summed E-state index contributed by atoms with van der Waals surface area (Å²) in [6.45, 7) is 3.65.